The number of para-hydroxylation sites is 1. The van der Waals surface area contributed by atoms with Crippen molar-refractivity contribution in [3.8, 4) is 0 Å². The number of carbonyl (C=O) groups is 3. The number of halogens is 1. The largest absolute Gasteiger partial charge is 0.449 e. The van der Waals surface area contributed by atoms with E-state index in [0.717, 1.165) is 40.1 Å². The zero-order chi connectivity index (χ0) is 27.2. The number of nitrogen functional groups attached to an aromatic ring is 1. The van der Waals surface area contributed by atoms with Crippen molar-refractivity contribution in [2.24, 2.45) is 5.73 Å². The molecule has 0 aliphatic carbocycles. The van der Waals surface area contributed by atoms with E-state index in [2.05, 4.69) is 0 Å². The van der Waals surface area contributed by atoms with Crippen molar-refractivity contribution in [3.63, 3.8) is 0 Å². The molecule has 3 aromatic rings. The number of amides is 3. The fourth-order valence-electron chi connectivity index (χ4n) is 4.65. The predicted molar refractivity (Wildman–Crippen MR) is 155 cm³/mol. The number of rotatable bonds is 7. The number of benzene rings is 3. The van der Waals surface area contributed by atoms with Crippen LogP contribution in [0.3, 0.4) is 0 Å². The quantitative estimate of drug-likeness (QED) is 0.302. The smallest absolute Gasteiger partial charge is 0.421 e. The molecule has 204 valence electrons. The van der Waals surface area contributed by atoms with Gasteiger partial charge in [-0.2, -0.15) is 0 Å². The van der Waals surface area contributed by atoms with E-state index in [-0.39, 0.29) is 30.8 Å². The van der Waals surface area contributed by atoms with Crippen LogP contribution in [0.2, 0.25) is 0 Å². The van der Waals surface area contributed by atoms with E-state index in [4.69, 9.17) is 15.9 Å². The summed E-state index contributed by atoms with van der Waals surface area (Å²) in [6, 6.07) is 19.8. The number of imide groups is 1. The lowest BCUT2D eigenvalue weighted by Gasteiger charge is -2.30. The van der Waals surface area contributed by atoms with Gasteiger partial charge in [-0.15, -0.1) is 12.4 Å². The van der Waals surface area contributed by atoms with Gasteiger partial charge in [0, 0.05) is 29.8 Å². The molecule has 1 heterocycles. The number of hydrogen-bond donors (Lipinski definition) is 2. The number of ether oxygens (including phenoxy) is 1. The van der Waals surface area contributed by atoms with Crippen LogP contribution in [-0.2, 0) is 22.4 Å². The maximum atomic E-state index is 13.6. The Morgan fingerprint density at radius 1 is 1.03 bits per heavy atom. The molecule has 0 aromatic heterocycles. The van der Waals surface area contributed by atoms with Crippen LogP contribution < -0.4 is 15.5 Å². The van der Waals surface area contributed by atoms with Gasteiger partial charge in [-0.25, -0.2) is 9.69 Å². The molecule has 0 fully saturated rings. The summed E-state index contributed by atoms with van der Waals surface area (Å²) >= 11 is 0. The molecule has 0 atom stereocenters. The van der Waals surface area contributed by atoms with E-state index in [1.54, 1.807) is 54.3 Å². The number of nitrogens with one attached hydrogen (secondary N) is 1. The third-order valence-electron chi connectivity index (χ3n) is 6.65. The van der Waals surface area contributed by atoms with Gasteiger partial charge >= 0.3 is 6.09 Å². The van der Waals surface area contributed by atoms with Crippen LogP contribution in [0.15, 0.2) is 66.7 Å². The van der Waals surface area contributed by atoms with Gasteiger partial charge in [-0.3, -0.25) is 15.0 Å². The average molecular weight is 549 g/mol. The fourth-order valence-corrected chi connectivity index (χ4v) is 4.65. The number of aryl methyl sites for hydroxylation is 3. The van der Waals surface area contributed by atoms with Gasteiger partial charge in [-0.05, 0) is 74.1 Å². The number of hydrogen-bond acceptors (Lipinski definition) is 5. The van der Waals surface area contributed by atoms with Crippen molar-refractivity contribution in [1.82, 2.24) is 0 Å². The Bertz CT molecular complexity index is 1370. The summed E-state index contributed by atoms with van der Waals surface area (Å²) in [5.41, 5.74) is 10.5. The maximum absolute atomic E-state index is 13.6. The number of nitrogens with zero attached hydrogens (tertiary/aromatic N) is 2. The topological polar surface area (TPSA) is 117 Å². The van der Waals surface area contributed by atoms with Crippen molar-refractivity contribution >= 4 is 47.5 Å². The molecule has 1 aliphatic heterocycles. The minimum atomic E-state index is -0.724. The highest BCUT2D eigenvalue weighted by Gasteiger charge is 2.29. The number of anilines is 2. The average Bonchev–Trinajstić information content (AvgIpc) is 2.92. The summed E-state index contributed by atoms with van der Waals surface area (Å²) in [5.74, 6) is -0.452. The zero-order valence-corrected chi connectivity index (χ0v) is 22.9. The second-order valence-corrected chi connectivity index (χ2v) is 9.23. The van der Waals surface area contributed by atoms with Crippen molar-refractivity contribution in [2.75, 3.05) is 23.0 Å². The Balaban J connectivity index is 0.00000420. The first-order chi connectivity index (χ1) is 18.3. The third-order valence-corrected chi connectivity index (χ3v) is 6.65. The van der Waals surface area contributed by atoms with Crippen molar-refractivity contribution in [1.29, 1.82) is 5.41 Å². The number of nitrogens with two attached hydrogens (primary N) is 1. The summed E-state index contributed by atoms with van der Waals surface area (Å²) in [4.78, 5) is 42.4. The standard InChI is InChI=1S/C30H32N4O4.ClH/c1-3-38-30(37)34(25-9-5-4-7-20(25)2)29(36)24-15-16-26-23(19-24)8-6-18-33(26)27(35)17-12-21-10-13-22(14-11-21)28(31)32;/h4-5,7,9-11,13-16,19H,3,6,8,12,17-18H2,1-2H3,(H3,31,32);1H. The summed E-state index contributed by atoms with van der Waals surface area (Å²) in [5, 5.41) is 7.51. The molecule has 9 heteroatoms. The molecular formula is C30H33ClN4O4. The van der Waals surface area contributed by atoms with E-state index in [1.165, 1.54) is 0 Å². The molecule has 0 radical (unpaired) electrons. The van der Waals surface area contributed by atoms with Crippen LogP contribution in [0.5, 0.6) is 0 Å². The van der Waals surface area contributed by atoms with E-state index in [0.29, 0.717) is 36.2 Å². The van der Waals surface area contributed by atoms with E-state index in [1.807, 2.05) is 31.2 Å². The Morgan fingerprint density at radius 3 is 2.38 bits per heavy atom. The van der Waals surface area contributed by atoms with Gasteiger partial charge in [0.05, 0.1) is 12.3 Å². The van der Waals surface area contributed by atoms with Crippen LogP contribution in [0, 0.1) is 12.3 Å². The SMILES string of the molecule is CCOC(=O)N(C(=O)c1ccc2c(c1)CCCN2C(=O)CCc1ccc(C(=N)N)cc1)c1ccccc1C.Cl. The first-order valence-electron chi connectivity index (χ1n) is 12.7. The van der Waals surface area contributed by atoms with Crippen LogP contribution >= 0.6 is 12.4 Å². The van der Waals surface area contributed by atoms with Crippen LogP contribution in [0.25, 0.3) is 0 Å². The second-order valence-electron chi connectivity index (χ2n) is 9.23. The highest BCUT2D eigenvalue weighted by molar-refractivity contribution is 6.19. The van der Waals surface area contributed by atoms with E-state index < -0.39 is 12.0 Å². The maximum Gasteiger partial charge on any atom is 0.421 e. The zero-order valence-electron chi connectivity index (χ0n) is 22.1. The summed E-state index contributed by atoms with van der Waals surface area (Å²) < 4.78 is 5.20. The fraction of sp³-hybridized carbons (Fsp3) is 0.267. The molecular weight excluding hydrogens is 516 g/mol. The molecule has 0 saturated carbocycles. The van der Waals surface area contributed by atoms with Crippen molar-refractivity contribution in [3.05, 3.63) is 94.5 Å². The molecule has 1 aliphatic rings. The van der Waals surface area contributed by atoms with Gasteiger partial charge in [0.2, 0.25) is 5.91 Å². The lowest BCUT2D eigenvalue weighted by atomic mass is 9.97. The summed E-state index contributed by atoms with van der Waals surface area (Å²) in [6.45, 7) is 4.30. The van der Waals surface area contributed by atoms with Crippen molar-refractivity contribution in [2.45, 2.75) is 39.5 Å². The van der Waals surface area contributed by atoms with E-state index >= 15 is 0 Å². The highest BCUT2D eigenvalue weighted by Crippen LogP contribution is 2.30. The molecule has 3 amide bonds. The van der Waals surface area contributed by atoms with Gasteiger partial charge in [0.1, 0.15) is 5.84 Å². The molecule has 8 nitrogen and oxygen atoms in total. The van der Waals surface area contributed by atoms with Gasteiger partial charge in [0.25, 0.3) is 5.91 Å². The summed E-state index contributed by atoms with van der Waals surface area (Å²) in [6.07, 6.45) is 1.70. The molecule has 39 heavy (non-hydrogen) atoms. The number of carbonyl (C=O) groups excluding carboxylic acids is 3. The Kier molecular flexibility index (Phi) is 9.84. The van der Waals surface area contributed by atoms with Gasteiger partial charge in [-0.1, -0.05) is 42.5 Å². The molecule has 3 aromatic carbocycles. The molecule has 0 spiro atoms. The number of fused-ring (bicyclic) bond motifs is 1. The monoisotopic (exact) mass is 548 g/mol. The van der Waals surface area contributed by atoms with Crippen LogP contribution in [-0.4, -0.2) is 36.9 Å². The summed E-state index contributed by atoms with van der Waals surface area (Å²) in [7, 11) is 0. The lowest BCUT2D eigenvalue weighted by molar-refractivity contribution is -0.118. The molecule has 0 bridgehead atoms. The normalized spacial score (nSPS) is 12.1. The molecule has 4 rings (SSSR count). The predicted octanol–water partition coefficient (Wildman–Crippen LogP) is 5.42. The molecule has 3 N–H and O–H groups in total. The van der Waals surface area contributed by atoms with Crippen molar-refractivity contribution < 1.29 is 19.1 Å². The molecule has 0 saturated heterocycles. The highest BCUT2D eigenvalue weighted by atomic mass is 35.5. The molecule has 0 unspecified atom stereocenters. The second kappa shape index (κ2) is 13.1. The van der Waals surface area contributed by atoms with Gasteiger partial charge < -0.3 is 15.4 Å². The van der Waals surface area contributed by atoms with Crippen LogP contribution in [0.4, 0.5) is 16.2 Å². The Morgan fingerprint density at radius 2 is 1.72 bits per heavy atom. The lowest BCUT2D eigenvalue weighted by Crippen LogP contribution is -2.38. The third kappa shape index (κ3) is 6.64. The van der Waals surface area contributed by atoms with E-state index in [9.17, 15) is 14.4 Å². The number of amidine groups is 1. The Hall–Kier alpha value is -4.17. The Labute approximate surface area is 234 Å². The first kappa shape index (κ1) is 29.4. The minimum absolute atomic E-state index is 0. The van der Waals surface area contributed by atoms with Gasteiger partial charge in [0.15, 0.2) is 0 Å². The minimum Gasteiger partial charge on any atom is -0.449 e. The van der Waals surface area contributed by atoms with Crippen LogP contribution in [0.1, 0.15) is 52.4 Å². The first-order valence-corrected chi connectivity index (χ1v) is 12.7.